The van der Waals surface area contributed by atoms with Gasteiger partial charge in [0.2, 0.25) is 11.3 Å². The number of fused-ring (bicyclic) bond motifs is 2. The van der Waals surface area contributed by atoms with Crippen LogP contribution < -0.4 is 10.7 Å². The van der Waals surface area contributed by atoms with Gasteiger partial charge in [0.05, 0.1) is 12.1 Å². The summed E-state index contributed by atoms with van der Waals surface area (Å²) in [5.41, 5.74) is 2.22. The molecule has 2 N–H and O–H groups in total. The van der Waals surface area contributed by atoms with Crippen molar-refractivity contribution in [1.29, 1.82) is 0 Å². The van der Waals surface area contributed by atoms with Gasteiger partial charge in [0.25, 0.3) is 5.91 Å². The molecule has 0 unspecified atom stereocenters. The first-order valence-electron chi connectivity index (χ1n) is 8.73. The molecule has 1 aromatic heterocycles. The lowest BCUT2D eigenvalue weighted by Crippen LogP contribution is -2.43. The van der Waals surface area contributed by atoms with Crippen molar-refractivity contribution in [3.05, 3.63) is 75.6 Å². The Morgan fingerprint density at radius 2 is 1.81 bits per heavy atom. The van der Waals surface area contributed by atoms with Crippen molar-refractivity contribution in [1.82, 2.24) is 20.4 Å². The van der Waals surface area contributed by atoms with Crippen LogP contribution in [0.4, 0.5) is 0 Å². The zero-order valence-corrected chi connectivity index (χ0v) is 14.6. The average Bonchev–Trinajstić information content (AvgIpc) is 2.72. The minimum Gasteiger partial charge on any atom is -0.341 e. The molecule has 0 atom stereocenters. The Bertz CT molecular complexity index is 1090. The summed E-state index contributed by atoms with van der Waals surface area (Å²) in [4.78, 5) is 38.9. The Kier molecular flexibility index (Phi) is 4.42. The third-order valence-electron chi connectivity index (χ3n) is 4.77. The van der Waals surface area contributed by atoms with E-state index in [9.17, 15) is 14.4 Å². The fraction of sp³-hybridized carbons (Fsp3) is 0.200. The normalized spacial score (nSPS) is 13.3. The molecule has 1 aliphatic rings. The number of benzene rings is 2. The fourth-order valence-corrected chi connectivity index (χ4v) is 3.29. The molecular formula is C20H18N4O3. The number of H-pyrrole nitrogens is 1. The van der Waals surface area contributed by atoms with E-state index in [1.54, 1.807) is 29.2 Å². The van der Waals surface area contributed by atoms with E-state index in [2.05, 4.69) is 21.6 Å². The van der Waals surface area contributed by atoms with E-state index in [1.807, 2.05) is 18.2 Å². The number of para-hydroxylation sites is 1. The van der Waals surface area contributed by atoms with E-state index >= 15 is 0 Å². The number of nitrogens with one attached hydrogen (secondary N) is 2. The molecule has 0 aliphatic carbocycles. The number of carbonyl (C=O) groups is 2. The number of hydrogen-bond donors (Lipinski definition) is 2. The zero-order chi connectivity index (χ0) is 18.8. The van der Waals surface area contributed by atoms with Crippen molar-refractivity contribution in [2.45, 2.75) is 13.0 Å². The molecule has 2 heterocycles. The maximum Gasteiger partial charge on any atom is 0.276 e. The van der Waals surface area contributed by atoms with Crippen LogP contribution in [0.2, 0.25) is 0 Å². The van der Waals surface area contributed by atoms with Gasteiger partial charge in [0, 0.05) is 18.5 Å². The highest BCUT2D eigenvalue weighted by atomic mass is 16.2. The first kappa shape index (κ1) is 17.0. The summed E-state index contributed by atoms with van der Waals surface area (Å²) < 4.78 is 0. The molecule has 0 bridgehead atoms. The molecule has 2 aromatic carbocycles. The molecule has 3 aromatic rings. The summed E-state index contributed by atoms with van der Waals surface area (Å²) in [5, 5.41) is 9.45. The summed E-state index contributed by atoms with van der Waals surface area (Å²) in [7, 11) is 0. The van der Waals surface area contributed by atoms with Crippen LogP contribution in [0.5, 0.6) is 0 Å². The van der Waals surface area contributed by atoms with Crippen LogP contribution in [-0.2, 0) is 17.8 Å². The predicted octanol–water partition coefficient (Wildman–Crippen LogP) is 1.24. The Labute approximate surface area is 155 Å². The topological polar surface area (TPSA) is 95.2 Å². The molecule has 0 fully saturated rings. The third kappa shape index (κ3) is 3.31. The molecule has 0 spiro atoms. The van der Waals surface area contributed by atoms with E-state index in [0.29, 0.717) is 24.0 Å². The summed E-state index contributed by atoms with van der Waals surface area (Å²) in [5.74, 6) is -0.845. The Morgan fingerprint density at radius 1 is 1.07 bits per heavy atom. The van der Waals surface area contributed by atoms with Gasteiger partial charge < -0.3 is 10.2 Å². The van der Waals surface area contributed by atoms with Crippen LogP contribution in [0.15, 0.2) is 53.3 Å². The van der Waals surface area contributed by atoms with Gasteiger partial charge in [-0.05, 0) is 29.7 Å². The van der Waals surface area contributed by atoms with Crippen molar-refractivity contribution < 1.29 is 9.59 Å². The molecule has 2 amide bonds. The lowest BCUT2D eigenvalue weighted by molar-refractivity contribution is -0.131. The number of rotatable bonds is 3. The minimum absolute atomic E-state index is 0.172. The SMILES string of the molecule is O=C(NCC(=O)N1CCc2ccccc2C1)c1n[nH]c2ccccc2c1=O. The van der Waals surface area contributed by atoms with Crippen LogP contribution in [0, 0.1) is 0 Å². The number of hydrogen-bond acceptors (Lipinski definition) is 4. The summed E-state index contributed by atoms with van der Waals surface area (Å²) in [6.07, 6.45) is 0.793. The Morgan fingerprint density at radius 3 is 2.67 bits per heavy atom. The fourth-order valence-electron chi connectivity index (χ4n) is 3.29. The largest absolute Gasteiger partial charge is 0.341 e. The first-order valence-corrected chi connectivity index (χ1v) is 8.73. The van der Waals surface area contributed by atoms with Crippen LogP contribution in [0.25, 0.3) is 10.9 Å². The second-order valence-corrected chi connectivity index (χ2v) is 6.46. The first-order chi connectivity index (χ1) is 13.1. The van der Waals surface area contributed by atoms with Gasteiger partial charge in [0.1, 0.15) is 0 Å². The van der Waals surface area contributed by atoms with Crippen molar-refractivity contribution in [2.75, 3.05) is 13.1 Å². The van der Waals surface area contributed by atoms with Crippen molar-refractivity contribution in [2.24, 2.45) is 0 Å². The molecule has 0 saturated heterocycles. The highest BCUT2D eigenvalue weighted by Crippen LogP contribution is 2.18. The highest BCUT2D eigenvalue weighted by Gasteiger charge is 2.22. The Balaban J connectivity index is 1.43. The maximum atomic E-state index is 12.4. The van der Waals surface area contributed by atoms with Gasteiger partial charge in [-0.25, -0.2) is 0 Å². The lowest BCUT2D eigenvalue weighted by atomic mass is 10.00. The predicted molar refractivity (Wildman–Crippen MR) is 100 cm³/mol. The third-order valence-corrected chi connectivity index (χ3v) is 4.77. The number of carbonyl (C=O) groups excluding carboxylic acids is 2. The highest BCUT2D eigenvalue weighted by molar-refractivity contribution is 5.97. The van der Waals surface area contributed by atoms with E-state index in [4.69, 9.17) is 0 Å². The van der Waals surface area contributed by atoms with Crippen LogP contribution in [0.3, 0.4) is 0 Å². The number of aromatic nitrogens is 2. The van der Waals surface area contributed by atoms with Gasteiger partial charge in [-0.15, -0.1) is 0 Å². The summed E-state index contributed by atoms with van der Waals surface area (Å²) in [6.45, 7) is 0.967. The summed E-state index contributed by atoms with van der Waals surface area (Å²) >= 11 is 0. The number of aromatic amines is 1. The molecule has 0 saturated carbocycles. The van der Waals surface area contributed by atoms with Crippen molar-refractivity contribution in [3.63, 3.8) is 0 Å². The molecule has 1 aliphatic heterocycles. The average molecular weight is 362 g/mol. The molecule has 4 rings (SSSR count). The second-order valence-electron chi connectivity index (χ2n) is 6.46. The monoisotopic (exact) mass is 362 g/mol. The van der Waals surface area contributed by atoms with Crippen molar-refractivity contribution in [3.8, 4) is 0 Å². The number of amides is 2. The van der Waals surface area contributed by atoms with Crippen molar-refractivity contribution >= 4 is 22.7 Å². The quantitative estimate of drug-likeness (QED) is 0.733. The smallest absolute Gasteiger partial charge is 0.276 e. The minimum atomic E-state index is -0.659. The van der Waals surface area contributed by atoms with Gasteiger partial charge in [-0.2, -0.15) is 5.10 Å². The van der Waals surface area contributed by atoms with Gasteiger partial charge >= 0.3 is 0 Å². The molecule has 0 radical (unpaired) electrons. The molecular weight excluding hydrogens is 344 g/mol. The van der Waals surface area contributed by atoms with Crippen LogP contribution in [-0.4, -0.2) is 40.0 Å². The van der Waals surface area contributed by atoms with E-state index < -0.39 is 11.3 Å². The van der Waals surface area contributed by atoms with E-state index in [0.717, 1.165) is 12.0 Å². The second kappa shape index (κ2) is 7.03. The summed E-state index contributed by atoms with van der Waals surface area (Å²) in [6, 6.07) is 14.8. The zero-order valence-electron chi connectivity index (χ0n) is 14.6. The number of nitrogens with zero attached hydrogens (tertiary/aromatic N) is 2. The molecule has 7 heteroatoms. The van der Waals surface area contributed by atoms with E-state index in [-0.39, 0.29) is 18.1 Å². The van der Waals surface area contributed by atoms with Gasteiger partial charge in [-0.1, -0.05) is 36.4 Å². The van der Waals surface area contributed by atoms with Gasteiger partial charge in [0.15, 0.2) is 5.69 Å². The van der Waals surface area contributed by atoms with Crippen LogP contribution in [0.1, 0.15) is 21.6 Å². The van der Waals surface area contributed by atoms with Crippen LogP contribution >= 0.6 is 0 Å². The van der Waals surface area contributed by atoms with Gasteiger partial charge in [-0.3, -0.25) is 19.5 Å². The standard InChI is InChI=1S/C20H18N4O3/c25-17(24-10-9-13-5-1-2-6-14(13)12-24)11-21-20(27)18-19(26)15-7-3-4-8-16(15)22-23-18/h1-8H,9-12H2,(H,21,27)(H,22,26). The molecule has 27 heavy (non-hydrogen) atoms. The maximum absolute atomic E-state index is 12.4. The lowest BCUT2D eigenvalue weighted by Gasteiger charge is -2.28. The molecule has 136 valence electrons. The van der Waals surface area contributed by atoms with E-state index in [1.165, 1.54) is 5.56 Å². The Hall–Kier alpha value is -3.48. The molecule has 7 nitrogen and oxygen atoms in total.